The van der Waals surface area contributed by atoms with Crippen LogP contribution in [0.5, 0.6) is 0 Å². The van der Waals surface area contributed by atoms with E-state index in [1.807, 2.05) is 12.1 Å². The van der Waals surface area contributed by atoms with E-state index < -0.39 is 27.5 Å². The summed E-state index contributed by atoms with van der Waals surface area (Å²) in [5.74, 6) is -1.53. The fraction of sp³-hybridized carbons (Fsp3) is 0.240. The van der Waals surface area contributed by atoms with Crippen LogP contribution in [-0.2, 0) is 22.8 Å². The molecule has 4 rings (SSSR count). The highest BCUT2D eigenvalue weighted by atomic mass is 79.9. The maximum atomic E-state index is 14.7. The number of hydrogen-bond acceptors (Lipinski definition) is 3. The van der Waals surface area contributed by atoms with Gasteiger partial charge in [0.2, 0.25) is 0 Å². The van der Waals surface area contributed by atoms with E-state index in [4.69, 9.17) is 0 Å². The molecule has 0 fully saturated rings. The number of fused-ring (bicyclic) bond motifs is 1. The third kappa shape index (κ3) is 4.59. The Labute approximate surface area is 206 Å². The van der Waals surface area contributed by atoms with E-state index in [0.29, 0.717) is 23.4 Å². The van der Waals surface area contributed by atoms with Crippen molar-refractivity contribution in [3.8, 4) is 0 Å². The summed E-state index contributed by atoms with van der Waals surface area (Å²) in [7, 11) is -3.52. The average Bonchev–Trinajstić information content (AvgIpc) is 2.86. The highest BCUT2D eigenvalue weighted by molar-refractivity contribution is 9.10. The van der Waals surface area contributed by atoms with Crippen LogP contribution in [0.4, 0.5) is 25.0 Å². The molecule has 2 amide bonds. The molecule has 34 heavy (non-hydrogen) atoms. The van der Waals surface area contributed by atoms with Gasteiger partial charge in [-0.2, -0.15) is 0 Å². The smallest absolute Gasteiger partial charge is 0.293 e. The highest BCUT2D eigenvalue weighted by Crippen LogP contribution is 2.34. The lowest BCUT2D eigenvalue weighted by Crippen LogP contribution is -2.43. The molecule has 0 radical (unpaired) electrons. The second kappa shape index (κ2) is 9.11. The lowest BCUT2D eigenvalue weighted by molar-refractivity contribution is 0.251. The molecule has 9 heteroatoms. The second-order valence-corrected chi connectivity index (χ2v) is 11.3. The van der Waals surface area contributed by atoms with Crippen LogP contribution in [-0.4, -0.2) is 27.2 Å². The molecule has 178 valence electrons. The monoisotopic (exact) mass is 548 g/mol. The Balaban J connectivity index is 1.85. The van der Waals surface area contributed by atoms with Crippen LogP contribution in [0.2, 0.25) is 0 Å². The number of benzene rings is 3. The number of amides is 2. The molecule has 1 aliphatic heterocycles. The molecule has 0 saturated heterocycles. The summed E-state index contributed by atoms with van der Waals surface area (Å²) in [6.45, 7) is 3.47. The summed E-state index contributed by atoms with van der Waals surface area (Å²) in [5.41, 5.74) is 2.95. The molecule has 1 aliphatic rings. The van der Waals surface area contributed by atoms with Gasteiger partial charge in [-0.3, -0.25) is 9.80 Å². The van der Waals surface area contributed by atoms with Crippen LogP contribution in [0.25, 0.3) is 0 Å². The maximum Gasteiger partial charge on any atom is 0.329 e. The Bertz CT molecular complexity index is 1390. The number of carbonyl (C=O) groups excluding carboxylic acids is 1. The van der Waals surface area contributed by atoms with Crippen molar-refractivity contribution < 1.29 is 22.0 Å². The van der Waals surface area contributed by atoms with E-state index >= 15 is 0 Å². The second-order valence-electron chi connectivity index (χ2n) is 8.42. The van der Waals surface area contributed by atoms with E-state index in [9.17, 15) is 22.0 Å². The number of sulfone groups is 1. The molecule has 0 bridgehead atoms. The number of hydrogen-bond donors (Lipinski definition) is 0. The molecule has 0 aromatic heterocycles. The molecule has 3 aromatic carbocycles. The predicted octanol–water partition coefficient (Wildman–Crippen LogP) is 5.94. The van der Waals surface area contributed by atoms with E-state index in [1.165, 1.54) is 15.9 Å². The van der Waals surface area contributed by atoms with Crippen molar-refractivity contribution >= 4 is 43.2 Å². The van der Waals surface area contributed by atoms with Gasteiger partial charge in [0.1, 0.15) is 11.6 Å². The summed E-state index contributed by atoms with van der Waals surface area (Å²) in [6.07, 6.45) is 1.62. The highest BCUT2D eigenvalue weighted by Gasteiger charge is 2.32. The summed E-state index contributed by atoms with van der Waals surface area (Å²) >= 11 is 3.08. The molecule has 0 saturated carbocycles. The van der Waals surface area contributed by atoms with Crippen molar-refractivity contribution in [1.29, 1.82) is 0 Å². The molecule has 0 unspecified atom stereocenters. The molecule has 1 heterocycles. The average molecular weight is 549 g/mol. The van der Waals surface area contributed by atoms with E-state index in [0.717, 1.165) is 29.5 Å². The zero-order chi connectivity index (χ0) is 24.8. The molecule has 0 spiro atoms. The molecule has 0 atom stereocenters. The molecule has 3 aromatic rings. The summed E-state index contributed by atoms with van der Waals surface area (Å²) in [4.78, 5) is 16.8. The van der Waals surface area contributed by atoms with Gasteiger partial charge < -0.3 is 0 Å². The number of urea groups is 1. The van der Waals surface area contributed by atoms with Crippen molar-refractivity contribution in [3.63, 3.8) is 0 Å². The van der Waals surface area contributed by atoms with E-state index in [2.05, 4.69) is 15.9 Å². The summed E-state index contributed by atoms with van der Waals surface area (Å²) in [6, 6.07) is 12.3. The first-order valence-electron chi connectivity index (χ1n) is 10.6. The lowest BCUT2D eigenvalue weighted by atomic mass is 10.1. The quantitative estimate of drug-likeness (QED) is 0.405. The third-order valence-electron chi connectivity index (χ3n) is 5.95. The SMILES string of the molecule is Cc1cc(C)c(S(C)(=O)=O)cc1N1CCc2ccccc2N(Cc2c(F)cc(Br)cc2F)C1=O. The van der Waals surface area contributed by atoms with Crippen molar-refractivity contribution in [2.24, 2.45) is 0 Å². The minimum atomic E-state index is -3.52. The third-order valence-corrected chi connectivity index (χ3v) is 7.65. The number of para-hydroxylation sites is 1. The van der Waals surface area contributed by atoms with Gasteiger partial charge in [-0.05, 0) is 61.2 Å². The number of carbonyl (C=O) groups is 1. The first kappa shape index (κ1) is 24.3. The maximum absolute atomic E-state index is 14.7. The van der Waals surface area contributed by atoms with Crippen molar-refractivity contribution in [1.82, 2.24) is 0 Å². The standard InChI is InChI=1S/C25H23BrF2N2O3S/c1-15-10-16(2)24(34(3,32)33)13-23(15)29-9-8-17-6-4-5-7-22(17)30(25(29)31)14-19-20(27)11-18(26)12-21(19)28/h4-7,10-13H,8-9,14H2,1-3H3. The fourth-order valence-corrected chi connectivity index (χ4v) is 5.70. The van der Waals surface area contributed by atoms with Crippen molar-refractivity contribution in [3.05, 3.63) is 86.9 Å². The number of rotatable bonds is 4. The van der Waals surface area contributed by atoms with Crippen LogP contribution in [0.15, 0.2) is 57.9 Å². The number of anilines is 2. The zero-order valence-corrected chi connectivity index (χ0v) is 21.3. The summed E-state index contributed by atoms with van der Waals surface area (Å²) < 4.78 is 54.3. The van der Waals surface area contributed by atoms with Crippen molar-refractivity contribution in [2.45, 2.75) is 31.7 Å². The molecule has 0 N–H and O–H groups in total. The lowest BCUT2D eigenvalue weighted by Gasteiger charge is -2.30. The number of aryl methyl sites for hydroxylation is 2. The molecular formula is C25H23BrF2N2O3S. The largest absolute Gasteiger partial charge is 0.329 e. The number of nitrogens with zero attached hydrogens (tertiary/aromatic N) is 2. The van der Waals surface area contributed by atoms with Gasteiger partial charge in [-0.25, -0.2) is 22.0 Å². The van der Waals surface area contributed by atoms with Gasteiger partial charge >= 0.3 is 6.03 Å². The van der Waals surface area contributed by atoms with E-state index in [1.54, 1.807) is 32.0 Å². The van der Waals surface area contributed by atoms with Gasteiger partial charge in [0.05, 0.1) is 11.4 Å². The Morgan fingerprint density at radius 1 is 0.971 bits per heavy atom. The molecule has 5 nitrogen and oxygen atoms in total. The van der Waals surface area contributed by atoms with Crippen LogP contribution in [0, 0.1) is 25.5 Å². The van der Waals surface area contributed by atoms with Gasteiger partial charge in [-0.15, -0.1) is 0 Å². The van der Waals surface area contributed by atoms with E-state index in [-0.39, 0.29) is 28.0 Å². The zero-order valence-electron chi connectivity index (χ0n) is 18.9. The molecule has 0 aliphatic carbocycles. The Kier molecular flexibility index (Phi) is 6.52. The van der Waals surface area contributed by atoms with Gasteiger partial charge in [0.15, 0.2) is 9.84 Å². The minimum absolute atomic E-state index is 0.138. The van der Waals surface area contributed by atoms with Gasteiger partial charge in [0.25, 0.3) is 0 Å². The van der Waals surface area contributed by atoms with Gasteiger partial charge in [-0.1, -0.05) is 40.2 Å². The topological polar surface area (TPSA) is 57.7 Å². The predicted molar refractivity (Wildman–Crippen MR) is 132 cm³/mol. The Morgan fingerprint density at radius 2 is 1.62 bits per heavy atom. The summed E-state index contributed by atoms with van der Waals surface area (Å²) in [5, 5.41) is 0. The molecular weight excluding hydrogens is 526 g/mol. The normalized spacial score (nSPS) is 14.2. The Hall–Kier alpha value is -2.78. The van der Waals surface area contributed by atoms with Crippen LogP contribution < -0.4 is 9.80 Å². The van der Waals surface area contributed by atoms with Crippen LogP contribution >= 0.6 is 15.9 Å². The first-order chi connectivity index (χ1) is 16.0. The van der Waals surface area contributed by atoms with Gasteiger partial charge in [0, 0.05) is 34.2 Å². The van der Waals surface area contributed by atoms with Crippen LogP contribution in [0.1, 0.15) is 22.3 Å². The number of halogens is 3. The first-order valence-corrected chi connectivity index (χ1v) is 13.3. The fourth-order valence-electron chi connectivity index (χ4n) is 4.33. The van der Waals surface area contributed by atoms with Crippen molar-refractivity contribution in [2.75, 3.05) is 22.6 Å². The van der Waals surface area contributed by atoms with Crippen LogP contribution in [0.3, 0.4) is 0 Å². The minimum Gasteiger partial charge on any atom is -0.293 e. The Morgan fingerprint density at radius 3 is 2.26 bits per heavy atom.